The summed E-state index contributed by atoms with van der Waals surface area (Å²) in [6, 6.07) is 3.49. The van der Waals surface area contributed by atoms with Crippen LogP contribution in [0.4, 0.5) is 0 Å². The van der Waals surface area contributed by atoms with Gasteiger partial charge < -0.3 is 14.6 Å². The number of hydrogen-bond acceptors (Lipinski definition) is 4. The summed E-state index contributed by atoms with van der Waals surface area (Å²) in [7, 11) is 0. The van der Waals surface area contributed by atoms with Crippen molar-refractivity contribution in [3.63, 3.8) is 0 Å². The third-order valence-electron chi connectivity index (χ3n) is 2.29. The third-order valence-corrected chi connectivity index (χ3v) is 2.29. The number of aromatic hydroxyl groups is 2. The molecule has 0 saturated heterocycles. The maximum Gasteiger partial charge on any atom is 0.382 e. The summed E-state index contributed by atoms with van der Waals surface area (Å²) in [4.78, 5) is 11.1. The first-order chi connectivity index (χ1) is 7.00. The minimum absolute atomic E-state index is 0.306. The Labute approximate surface area is 85.4 Å². The van der Waals surface area contributed by atoms with Crippen LogP contribution in [0.5, 0.6) is 11.5 Å². The molecule has 78 valence electrons. The van der Waals surface area contributed by atoms with E-state index in [9.17, 15) is 15.0 Å². The molecule has 1 aromatic heterocycles. The fraction of sp³-hybridized carbons (Fsp3) is 0.182. The summed E-state index contributed by atoms with van der Waals surface area (Å²) in [6.07, 6.45) is 0. The molecule has 0 unspecified atom stereocenters. The topological polar surface area (TPSA) is 70.7 Å². The Hall–Kier alpha value is -1.97. The van der Waals surface area contributed by atoms with Gasteiger partial charge in [-0.2, -0.15) is 0 Å². The van der Waals surface area contributed by atoms with Gasteiger partial charge in [0.2, 0.25) is 5.75 Å². The van der Waals surface area contributed by atoms with Crippen molar-refractivity contribution in [3.8, 4) is 11.5 Å². The van der Waals surface area contributed by atoms with E-state index in [1.807, 2.05) is 13.0 Å². The number of aryl methyl sites for hydroxylation is 2. The fourth-order valence-corrected chi connectivity index (χ4v) is 1.63. The molecule has 15 heavy (non-hydrogen) atoms. The van der Waals surface area contributed by atoms with E-state index in [2.05, 4.69) is 0 Å². The van der Waals surface area contributed by atoms with E-state index in [0.29, 0.717) is 11.0 Å². The smallest absolute Gasteiger partial charge is 0.382 e. The predicted octanol–water partition coefficient (Wildman–Crippen LogP) is 1.82. The Morgan fingerprint density at radius 1 is 1.13 bits per heavy atom. The van der Waals surface area contributed by atoms with E-state index in [4.69, 9.17) is 4.42 Å². The molecule has 2 aromatic rings. The lowest BCUT2D eigenvalue weighted by Gasteiger charge is -2.05. The van der Waals surface area contributed by atoms with Gasteiger partial charge in [0.25, 0.3) is 0 Å². The Bertz CT molecular complexity index is 596. The molecule has 1 heterocycles. The maximum absolute atomic E-state index is 11.1. The summed E-state index contributed by atoms with van der Waals surface area (Å²) < 4.78 is 4.89. The molecule has 1 aromatic carbocycles. The summed E-state index contributed by atoms with van der Waals surface area (Å²) in [5, 5.41) is 19.2. The molecular formula is C11H10O4. The highest BCUT2D eigenvalue weighted by atomic mass is 16.4. The lowest BCUT2D eigenvalue weighted by atomic mass is 10.1. The van der Waals surface area contributed by atoms with Crippen molar-refractivity contribution in [2.45, 2.75) is 13.8 Å². The van der Waals surface area contributed by atoms with Crippen molar-refractivity contribution in [3.05, 3.63) is 33.7 Å². The average Bonchev–Trinajstić information content (AvgIpc) is 2.17. The monoisotopic (exact) mass is 206 g/mol. The Morgan fingerprint density at radius 2 is 1.80 bits per heavy atom. The van der Waals surface area contributed by atoms with Gasteiger partial charge in [0, 0.05) is 0 Å². The minimum atomic E-state index is -0.924. The van der Waals surface area contributed by atoms with E-state index >= 15 is 0 Å². The van der Waals surface area contributed by atoms with E-state index in [1.165, 1.54) is 0 Å². The van der Waals surface area contributed by atoms with Crippen LogP contribution >= 0.6 is 0 Å². The molecule has 0 atom stereocenters. The highest BCUT2D eigenvalue weighted by Gasteiger charge is 2.14. The highest BCUT2D eigenvalue weighted by Crippen LogP contribution is 2.32. The van der Waals surface area contributed by atoms with Crippen molar-refractivity contribution < 1.29 is 14.6 Å². The standard InChI is InChI=1S/C11H10O4/c1-5-3-6(2)10-7(4-5)8(12)9(13)11(14)15-10/h3-4,12-13H,1-2H3. The molecule has 4 nitrogen and oxygen atoms in total. The number of benzene rings is 1. The predicted molar refractivity (Wildman–Crippen MR) is 55.3 cm³/mol. The zero-order valence-electron chi connectivity index (χ0n) is 8.37. The van der Waals surface area contributed by atoms with Crippen LogP contribution in [-0.4, -0.2) is 10.2 Å². The van der Waals surface area contributed by atoms with Crippen LogP contribution in [0.3, 0.4) is 0 Å². The van der Waals surface area contributed by atoms with Gasteiger partial charge in [-0.25, -0.2) is 4.79 Å². The molecule has 0 bridgehead atoms. The van der Waals surface area contributed by atoms with E-state index in [1.54, 1.807) is 13.0 Å². The molecule has 2 rings (SSSR count). The summed E-state index contributed by atoms with van der Waals surface area (Å²) in [5.41, 5.74) is 1.05. The second kappa shape index (κ2) is 3.02. The third kappa shape index (κ3) is 1.34. The summed E-state index contributed by atoms with van der Waals surface area (Å²) in [6.45, 7) is 3.63. The molecule has 0 fully saturated rings. The zero-order valence-corrected chi connectivity index (χ0v) is 8.37. The first-order valence-corrected chi connectivity index (χ1v) is 4.46. The van der Waals surface area contributed by atoms with Gasteiger partial charge in [-0.05, 0) is 31.0 Å². The normalized spacial score (nSPS) is 10.8. The van der Waals surface area contributed by atoms with Crippen LogP contribution in [0.25, 0.3) is 11.0 Å². The number of fused-ring (bicyclic) bond motifs is 1. The zero-order chi connectivity index (χ0) is 11.2. The van der Waals surface area contributed by atoms with Crippen molar-refractivity contribution >= 4 is 11.0 Å². The van der Waals surface area contributed by atoms with Crippen molar-refractivity contribution in [1.29, 1.82) is 0 Å². The molecule has 0 aliphatic heterocycles. The lowest BCUT2D eigenvalue weighted by molar-refractivity contribution is 0.378. The van der Waals surface area contributed by atoms with Crippen LogP contribution in [0.15, 0.2) is 21.3 Å². The summed E-state index contributed by atoms with van der Waals surface area (Å²) in [5.74, 6) is -1.17. The average molecular weight is 206 g/mol. The Morgan fingerprint density at radius 3 is 2.47 bits per heavy atom. The van der Waals surface area contributed by atoms with Crippen LogP contribution < -0.4 is 5.63 Å². The molecule has 0 saturated carbocycles. The van der Waals surface area contributed by atoms with Crippen molar-refractivity contribution in [1.82, 2.24) is 0 Å². The molecule has 2 N–H and O–H groups in total. The van der Waals surface area contributed by atoms with Crippen molar-refractivity contribution in [2.24, 2.45) is 0 Å². The van der Waals surface area contributed by atoms with Crippen LogP contribution in [0, 0.1) is 13.8 Å². The van der Waals surface area contributed by atoms with Gasteiger partial charge in [-0.15, -0.1) is 0 Å². The van der Waals surface area contributed by atoms with Gasteiger partial charge >= 0.3 is 5.63 Å². The van der Waals surface area contributed by atoms with Gasteiger partial charge in [0.15, 0.2) is 5.75 Å². The van der Waals surface area contributed by atoms with Gasteiger partial charge in [0.1, 0.15) is 5.58 Å². The number of hydrogen-bond donors (Lipinski definition) is 2. The quantitative estimate of drug-likeness (QED) is 0.645. The Balaban J connectivity index is 3.05. The van der Waals surface area contributed by atoms with Crippen molar-refractivity contribution in [2.75, 3.05) is 0 Å². The molecule has 0 aliphatic carbocycles. The first kappa shape index (κ1) is 9.58. The van der Waals surface area contributed by atoms with Gasteiger partial charge in [0.05, 0.1) is 5.39 Å². The molecule has 4 heteroatoms. The summed E-state index contributed by atoms with van der Waals surface area (Å²) >= 11 is 0. The van der Waals surface area contributed by atoms with Crippen LogP contribution in [0.1, 0.15) is 11.1 Å². The first-order valence-electron chi connectivity index (χ1n) is 4.46. The Kier molecular flexibility index (Phi) is 1.93. The van der Waals surface area contributed by atoms with Gasteiger partial charge in [-0.1, -0.05) is 6.07 Å². The molecule has 0 spiro atoms. The van der Waals surface area contributed by atoms with E-state index < -0.39 is 17.1 Å². The largest absolute Gasteiger partial charge is 0.504 e. The second-order valence-corrected chi connectivity index (χ2v) is 3.55. The molecule has 0 radical (unpaired) electrons. The lowest BCUT2D eigenvalue weighted by Crippen LogP contribution is -1.99. The number of rotatable bonds is 0. The fourth-order valence-electron chi connectivity index (χ4n) is 1.63. The minimum Gasteiger partial charge on any atom is -0.504 e. The van der Waals surface area contributed by atoms with E-state index in [-0.39, 0.29) is 0 Å². The van der Waals surface area contributed by atoms with E-state index in [0.717, 1.165) is 11.1 Å². The van der Waals surface area contributed by atoms with Crippen LogP contribution in [0.2, 0.25) is 0 Å². The van der Waals surface area contributed by atoms with Crippen LogP contribution in [-0.2, 0) is 0 Å². The SMILES string of the molecule is Cc1cc(C)c2oc(=O)c(O)c(O)c2c1. The highest BCUT2D eigenvalue weighted by molar-refractivity contribution is 5.87. The second-order valence-electron chi connectivity index (χ2n) is 3.55. The maximum atomic E-state index is 11.1. The molecule has 0 amide bonds. The molecule has 0 aliphatic rings. The van der Waals surface area contributed by atoms with Gasteiger partial charge in [-0.3, -0.25) is 0 Å². The molecular weight excluding hydrogens is 196 g/mol.